The van der Waals surface area contributed by atoms with E-state index in [1.165, 1.54) is 6.33 Å². The topological polar surface area (TPSA) is 80.1 Å². The standard InChI is InChI=1S/C18H20N4O2/c1-4-8-19-17(23)14-12(3)24-18-15(14)16(20-10-21-18)22-13-7-5-6-11(2)9-13/h5-7,9-10H,4,8H2,1-3H3,(H,19,23)(H,20,21,22). The Kier molecular flexibility index (Phi) is 4.46. The highest BCUT2D eigenvalue weighted by Crippen LogP contribution is 2.30. The van der Waals surface area contributed by atoms with Crippen LogP contribution in [0.25, 0.3) is 11.1 Å². The Balaban J connectivity index is 2.06. The minimum Gasteiger partial charge on any atom is -0.442 e. The van der Waals surface area contributed by atoms with Crippen LogP contribution in [-0.4, -0.2) is 22.4 Å². The van der Waals surface area contributed by atoms with Gasteiger partial charge in [-0.15, -0.1) is 0 Å². The highest BCUT2D eigenvalue weighted by Gasteiger charge is 2.22. The first kappa shape index (κ1) is 16.0. The van der Waals surface area contributed by atoms with Crippen LogP contribution in [0, 0.1) is 13.8 Å². The van der Waals surface area contributed by atoms with E-state index in [0.717, 1.165) is 17.7 Å². The van der Waals surface area contributed by atoms with Crippen molar-refractivity contribution in [2.45, 2.75) is 27.2 Å². The highest BCUT2D eigenvalue weighted by molar-refractivity contribution is 6.10. The van der Waals surface area contributed by atoms with E-state index >= 15 is 0 Å². The lowest BCUT2D eigenvalue weighted by molar-refractivity contribution is 0.0953. The van der Waals surface area contributed by atoms with Gasteiger partial charge in [-0.2, -0.15) is 0 Å². The molecule has 0 radical (unpaired) electrons. The molecule has 0 aliphatic carbocycles. The number of carbonyl (C=O) groups is 1. The molecule has 6 nitrogen and oxygen atoms in total. The third-order valence-electron chi connectivity index (χ3n) is 3.71. The van der Waals surface area contributed by atoms with E-state index in [2.05, 4.69) is 20.6 Å². The molecule has 6 heteroatoms. The Morgan fingerprint density at radius 2 is 2.08 bits per heavy atom. The van der Waals surface area contributed by atoms with Crippen molar-refractivity contribution in [3.05, 3.63) is 47.5 Å². The zero-order valence-corrected chi connectivity index (χ0v) is 14.0. The van der Waals surface area contributed by atoms with Gasteiger partial charge in [0.2, 0.25) is 5.71 Å². The van der Waals surface area contributed by atoms with Gasteiger partial charge in [0, 0.05) is 12.2 Å². The molecule has 0 bridgehead atoms. The zero-order chi connectivity index (χ0) is 17.1. The molecular formula is C18H20N4O2. The number of benzene rings is 1. The fraction of sp³-hybridized carbons (Fsp3) is 0.278. The quantitative estimate of drug-likeness (QED) is 0.747. The van der Waals surface area contributed by atoms with Gasteiger partial charge in [0.15, 0.2) is 0 Å². The van der Waals surface area contributed by atoms with E-state index in [-0.39, 0.29) is 5.91 Å². The van der Waals surface area contributed by atoms with Gasteiger partial charge in [-0.05, 0) is 38.0 Å². The minimum atomic E-state index is -0.171. The van der Waals surface area contributed by atoms with Gasteiger partial charge in [0.1, 0.15) is 17.9 Å². The van der Waals surface area contributed by atoms with Gasteiger partial charge in [-0.1, -0.05) is 19.1 Å². The molecule has 2 N–H and O–H groups in total. The van der Waals surface area contributed by atoms with Crippen LogP contribution in [0.2, 0.25) is 0 Å². The zero-order valence-electron chi connectivity index (χ0n) is 14.0. The maximum atomic E-state index is 12.5. The van der Waals surface area contributed by atoms with E-state index in [1.54, 1.807) is 6.92 Å². The van der Waals surface area contributed by atoms with Crippen LogP contribution in [0.1, 0.15) is 35.0 Å². The molecule has 1 aromatic carbocycles. The number of rotatable bonds is 5. The molecule has 0 spiro atoms. The summed E-state index contributed by atoms with van der Waals surface area (Å²) in [6.45, 7) is 6.40. The normalized spacial score (nSPS) is 10.8. The molecule has 1 amide bonds. The summed E-state index contributed by atoms with van der Waals surface area (Å²) in [5.74, 6) is 0.922. The molecule has 0 atom stereocenters. The molecule has 2 aromatic heterocycles. The summed E-state index contributed by atoms with van der Waals surface area (Å²) in [5, 5.41) is 6.75. The van der Waals surface area contributed by atoms with Crippen molar-refractivity contribution in [2.24, 2.45) is 0 Å². The Morgan fingerprint density at radius 1 is 1.25 bits per heavy atom. The second-order valence-electron chi connectivity index (χ2n) is 5.69. The van der Waals surface area contributed by atoms with Crippen molar-refractivity contribution in [3.8, 4) is 0 Å². The average Bonchev–Trinajstić information content (AvgIpc) is 2.90. The molecule has 0 fully saturated rings. The number of aromatic nitrogens is 2. The average molecular weight is 324 g/mol. The first-order valence-corrected chi connectivity index (χ1v) is 7.96. The fourth-order valence-corrected chi connectivity index (χ4v) is 2.60. The maximum Gasteiger partial charge on any atom is 0.255 e. The van der Waals surface area contributed by atoms with E-state index in [0.29, 0.717) is 34.8 Å². The van der Waals surface area contributed by atoms with Crippen LogP contribution in [0.5, 0.6) is 0 Å². The third-order valence-corrected chi connectivity index (χ3v) is 3.71. The van der Waals surface area contributed by atoms with Crippen LogP contribution in [0.3, 0.4) is 0 Å². The molecule has 0 aliphatic heterocycles. The van der Waals surface area contributed by atoms with E-state index in [1.807, 2.05) is 38.1 Å². The number of anilines is 2. The number of carbonyl (C=O) groups excluding carboxylic acids is 1. The predicted octanol–water partition coefficient (Wildman–Crippen LogP) is 3.72. The second kappa shape index (κ2) is 6.70. The summed E-state index contributed by atoms with van der Waals surface area (Å²) >= 11 is 0. The summed E-state index contributed by atoms with van der Waals surface area (Å²) in [6, 6.07) is 7.94. The van der Waals surface area contributed by atoms with Crippen LogP contribution in [0.4, 0.5) is 11.5 Å². The second-order valence-corrected chi connectivity index (χ2v) is 5.69. The van der Waals surface area contributed by atoms with Gasteiger partial charge < -0.3 is 15.1 Å². The van der Waals surface area contributed by atoms with Crippen molar-refractivity contribution in [3.63, 3.8) is 0 Å². The van der Waals surface area contributed by atoms with Crippen molar-refractivity contribution in [1.82, 2.24) is 15.3 Å². The summed E-state index contributed by atoms with van der Waals surface area (Å²) < 4.78 is 5.65. The summed E-state index contributed by atoms with van der Waals surface area (Å²) in [7, 11) is 0. The van der Waals surface area contributed by atoms with Crippen molar-refractivity contribution in [2.75, 3.05) is 11.9 Å². The summed E-state index contributed by atoms with van der Waals surface area (Å²) in [4.78, 5) is 21.0. The lowest BCUT2D eigenvalue weighted by Gasteiger charge is -2.08. The number of nitrogens with one attached hydrogen (secondary N) is 2. The van der Waals surface area contributed by atoms with Gasteiger partial charge in [-0.25, -0.2) is 9.97 Å². The lowest BCUT2D eigenvalue weighted by Crippen LogP contribution is -2.24. The molecule has 124 valence electrons. The Morgan fingerprint density at radius 3 is 2.83 bits per heavy atom. The molecule has 24 heavy (non-hydrogen) atoms. The molecular weight excluding hydrogens is 304 g/mol. The number of furan rings is 1. The Labute approximate surface area is 140 Å². The molecule has 0 aliphatic rings. The third kappa shape index (κ3) is 3.08. The van der Waals surface area contributed by atoms with E-state index in [9.17, 15) is 4.79 Å². The summed E-state index contributed by atoms with van der Waals surface area (Å²) in [6.07, 6.45) is 2.29. The first-order valence-electron chi connectivity index (χ1n) is 7.96. The number of amides is 1. The number of hydrogen-bond acceptors (Lipinski definition) is 5. The maximum absolute atomic E-state index is 12.5. The molecule has 2 heterocycles. The molecule has 3 aromatic rings. The minimum absolute atomic E-state index is 0.171. The Hall–Kier alpha value is -2.89. The highest BCUT2D eigenvalue weighted by atomic mass is 16.3. The number of fused-ring (bicyclic) bond motifs is 1. The smallest absolute Gasteiger partial charge is 0.255 e. The van der Waals surface area contributed by atoms with E-state index in [4.69, 9.17) is 4.42 Å². The fourth-order valence-electron chi connectivity index (χ4n) is 2.60. The van der Waals surface area contributed by atoms with Gasteiger partial charge >= 0.3 is 0 Å². The first-order chi connectivity index (χ1) is 11.6. The number of aryl methyl sites for hydroxylation is 2. The van der Waals surface area contributed by atoms with Crippen molar-refractivity contribution >= 4 is 28.5 Å². The van der Waals surface area contributed by atoms with Gasteiger partial charge in [-0.3, -0.25) is 4.79 Å². The van der Waals surface area contributed by atoms with E-state index < -0.39 is 0 Å². The van der Waals surface area contributed by atoms with Crippen molar-refractivity contribution in [1.29, 1.82) is 0 Å². The molecule has 0 unspecified atom stereocenters. The molecule has 3 rings (SSSR count). The largest absolute Gasteiger partial charge is 0.442 e. The lowest BCUT2D eigenvalue weighted by atomic mass is 10.1. The van der Waals surface area contributed by atoms with Crippen LogP contribution in [0.15, 0.2) is 35.0 Å². The molecule has 0 saturated heterocycles. The predicted molar refractivity (Wildman–Crippen MR) is 93.6 cm³/mol. The molecule has 0 saturated carbocycles. The Bertz CT molecular complexity index is 886. The SMILES string of the molecule is CCCNC(=O)c1c(C)oc2ncnc(Nc3cccc(C)c3)c12. The van der Waals surface area contributed by atoms with Crippen molar-refractivity contribution < 1.29 is 9.21 Å². The van der Waals surface area contributed by atoms with Gasteiger partial charge in [0.05, 0.1) is 10.9 Å². The monoisotopic (exact) mass is 324 g/mol. The van der Waals surface area contributed by atoms with Crippen LogP contribution < -0.4 is 10.6 Å². The number of nitrogens with zero attached hydrogens (tertiary/aromatic N) is 2. The van der Waals surface area contributed by atoms with Crippen LogP contribution >= 0.6 is 0 Å². The van der Waals surface area contributed by atoms with Gasteiger partial charge in [0.25, 0.3) is 5.91 Å². The van der Waals surface area contributed by atoms with Crippen LogP contribution in [-0.2, 0) is 0 Å². The summed E-state index contributed by atoms with van der Waals surface area (Å²) in [5.41, 5.74) is 2.91. The number of hydrogen-bond donors (Lipinski definition) is 2.